The maximum Gasteiger partial charge on any atom is 0.224 e. The van der Waals surface area contributed by atoms with Crippen LogP contribution in [0.4, 0.5) is 0 Å². The van der Waals surface area contributed by atoms with Crippen LogP contribution in [-0.4, -0.2) is 32.8 Å². The highest BCUT2D eigenvalue weighted by molar-refractivity contribution is 6.28. The largest absolute Gasteiger partial charge is 0.497 e. The van der Waals surface area contributed by atoms with Gasteiger partial charge in [0.1, 0.15) is 22.5 Å². The zero-order valence-electron chi connectivity index (χ0n) is 16.3. The summed E-state index contributed by atoms with van der Waals surface area (Å²) in [5, 5.41) is 0.233. The van der Waals surface area contributed by atoms with Crippen molar-refractivity contribution in [1.82, 2.24) is 19.5 Å². The van der Waals surface area contributed by atoms with E-state index in [0.717, 1.165) is 41.0 Å². The Morgan fingerprint density at radius 1 is 1.17 bits per heavy atom. The third-order valence-electron chi connectivity index (χ3n) is 5.92. The van der Waals surface area contributed by atoms with Crippen LogP contribution in [0.3, 0.4) is 0 Å². The molecule has 0 N–H and O–H groups in total. The van der Waals surface area contributed by atoms with Gasteiger partial charge in [-0.2, -0.15) is 4.98 Å². The zero-order valence-corrected chi connectivity index (χ0v) is 17.0. The van der Waals surface area contributed by atoms with E-state index in [9.17, 15) is 0 Å². The predicted octanol–water partition coefficient (Wildman–Crippen LogP) is 4.68. The molecule has 7 heteroatoms. The number of fused-ring (bicyclic) bond motifs is 1. The second kappa shape index (κ2) is 7.26. The minimum absolute atomic E-state index is 0.233. The molecular formula is C22H22ClN5O. The molecule has 1 aliphatic heterocycles. The van der Waals surface area contributed by atoms with Gasteiger partial charge in [0.25, 0.3) is 0 Å². The molecule has 1 aliphatic carbocycles. The van der Waals surface area contributed by atoms with Gasteiger partial charge in [0, 0.05) is 18.7 Å². The number of rotatable bonds is 5. The second-order valence-electron chi connectivity index (χ2n) is 7.69. The van der Waals surface area contributed by atoms with Gasteiger partial charge in [-0.05, 0) is 54.3 Å². The van der Waals surface area contributed by atoms with Crippen molar-refractivity contribution in [3.8, 4) is 5.75 Å². The van der Waals surface area contributed by atoms with Crippen molar-refractivity contribution in [3.63, 3.8) is 0 Å². The van der Waals surface area contributed by atoms with Crippen molar-refractivity contribution >= 4 is 29.0 Å². The number of hydrogen-bond acceptors (Lipinski definition) is 5. The molecule has 1 fully saturated rings. The number of aliphatic imine (C=N–C) groups is 1. The molecule has 2 aliphatic rings. The van der Waals surface area contributed by atoms with E-state index in [1.54, 1.807) is 7.11 Å². The van der Waals surface area contributed by atoms with Crippen LogP contribution in [0.2, 0.25) is 5.28 Å². The molecule has 0 spiro atoms. The molecule has 0 saturated heterocycles. The fourth-order valence-corrected chi connectivity index (χ4v) is 4.61. The monoisotopic (exact) mass is 407 g/mol. The lowest BCUT2D eigenvalue weighted by molar-refractivity contribution is 0.414. The quantitative estimate of drug-likeness (QED) is 0.576. The third kappa shape index (κ3) is 3.21. The first-order valence-electron chi connectivity index (χ1n) is 9.95. The first-order valence-corrected chi connectivity index (χ1v) is 10.3. The minimum Gasteiger partial charge on any atom is -0.497 e. The standard InChI is InChI=1S/C22H22ClN5O/c1-29-17-9-7-15(8-10-17)13-22(11-4-12-25-22)19-18-20(27-21(23)26-19)28(14-24-18)16-5-2-3-6-16/h4,7-12,14,16H,2-3,5-6,13H2,1H3. The Balaban J connectivity index is 1.61. The van der Waals surface area contributed by atoms with Crippen LogP contribution in [0.15, 0.2) is 47.7 Å². The van der Waals surface area contributed by atoms with E-state index in [1.165, 1.54) is 12.8 Å². The van der Waals surface area contributed by atoms with Crippen molar-refractivity contribution in [2.75, 3.05) is 7.11 Å². The van der Waals surface area contributed by atoms with E-state index in [0.29, 0.717) is 12.5 Å². The van der Waals surface area contributed by atoms with Gasteiger partial charge in [0.15, 0.2) is 5.65 Å². The van der Waals surface area contributed by atoms with Gasteiger partial charge in [-0.3, -0.25) is 4.99 Å². The molecule has 1 atom stereocenters. The summed E-state index contributed by atoms with van der Waals surface area (Å²) in [4.78, 5) is 18.7. The zero-order chi connectivity index (χ0) is 19.8. The van der Waals surface area contributed by atoms with Gasteiger partial charge in [-0.25, -0.2) is 9.97 Å². The van der Waals surface area contributed by atoms with E-state index >= 15 is 0 Å². The Kier molecular flexibility index (Phi) is 4.59. The van der Waals surface area contributed by atoms with E-state index in [2.05, 4.69) is 32.7 Å². The van der Waals surface area contributed by atoms with Gasteiger partial charge in [0.05, 0.1) is 13.4 Å². The molecule has 3 aromatic rings. The number of methoxy groups -OCH3 is 1. The first kappa shape index (κ1) is 18.3. The number of aromatic nitrogens is 4. The molecule has 3 heterocycles. The molecule has 6 nitrogen and oxygen atoms in total. The topological polar surface area (TPSA) is 65.2 Å². The molecule has 1 unspecified atom stereocenters. The highest BCUT2D eigenvalue weighted by atomic mass is 35.5. The number of allylic oxidation sites excluding steroid dienone is 1. The molecule has 5 rings (SSSR count). The summed E-state index contributed by atoms with van der Waals surface area (Å²) >= 11 is 6.39. The van der Waals surface area contributed by atoms with Gasteiger partial charge in [0.2, 0.25) is 5.28 Å². The summed E-state index contributed by atoms with van der Waals surface area (Å²) in [6.45, 7) is 0. The lowest BCUT2D eigenvalue weighted by Crippen LogP contribution is -2.25. The average Bonchev–Trinajstić information content (AvgIpc) is 3.49. The summed E-state index contributed by atoms with van der Waals surface area (Å²) in [5.41, 5.74) is 2.82. The third-order valence-corrected chi connectivity index (χ3v) is 6.09. The Bertz CT molecular complexity index is 1080. The molecular weight excluding hydrogens is 386 g/mol. The van der Waals surface area contributed by atoms with Crippen molar-refractivity contribution < 1.29 is 4.74 Å². The van der Waals surface area contributed by atoms with Gasteiger partial charge < -0.3 is 9.30 Å². The lowest BCUT2D eigenvalue weighted by Gasteiger charge is -2.24. The van der Waals surface area contributed by atoms with Crippen LogP contribution in [0.25, 0.3) is 11.2 Å². The number of ether oxygens (including phenoxy) is 1. The Labute approximate surface area is 174 Å². The summed E-state index contributed by atoms with van der Waals surface area (Å²) in [5.74, 6) is 0.830. The van der Waals surface area contributed by atoms with Crippen LogP contribution < -0.4 is 4.74 Å². The first-order chi connectivity index (χ1) is 14.2. The smallest absolute Gasteiger partial charge is 0.224 e. The highest BCUT2D eigenvalue weighted by Crippen LogP contribution is 2.39. The van der Waals surface area contributed by atoms with Crippen LogP contribution >= 0.6 is 11.6 Å². The lowest BCUT2D eigenvalue weighted by atomic mass is 9.88. The van der Waals surface area contributed by atoms with Crippen molar-refractivity contribution in [1.29, 1.82) is 0 Å². The predicted molar refractivity (Wildman–Crippen MR) is 114 cm³/mol. The Hall–Kier alpha value is -2.73. The van der Waals surface area contributed by atoms with Crippen molar-refractivity contribution in [2.45, 2.75) is 43.7 Å². The fourth-order valence-electron chi connectivity index (χ4n) is 4.45. The molecule has 29 heavy (non-hydrogen) atoms. The van der Waals surface area contributed by atoms with Gasteiger partial charge in [-0.15, -0.1) is 0 Å². The van der Waals surface area contributed by atoms with Crippen LogP contribution in [0.1, 0.15) is 43.0 Å². The maximum atomic E-state index is 6.39. The second-order valence-corrected chi connectivity index (χ2v) is 8.03. The van der Waals surface area contributed by atoms with Crippen LogP contribution in [0.5, 0.6) is 5.75 Å². The molecule has 0 amide bonds. The van der Waals surface area contributed by atoms with E-state index in [-0.39, 0.29) is 5.28 Å². The molecule has 0 radical (unpaired) electrons. The SMILES string of the molecule is COc1ccc(CC2(c3nc(Cl)nc4c3ncn4C3CCCC3)C=CC=N2)cc1. The van der Waals surface area contributed by atoms with Crippen LogP contribution in [-0.2, 0) is 12.0 Å². The average molecular weight is 408 g/mol. The number of hydrogen-bond donors (Lipinski definition) is 0. The number of benzene rings is 1. The molecule has 1 saturated carbocycles. The van der Waals surface area contributed by atoms with Crippen molar-refractivity contribution in [2.24, 2.45) is 4.99 Å². The molecule has 1 aromatic carbocycles. The van der Waals surface area contributed by atoms with Gasteiger partial charge in [-0.1, -0.05) is 25.0 Å². The van der Waals surface area contributed by atoms with E-state index < -0.39 is 5.54 Å². The molecule has 0 bridgehead atoms. The van der Waals surface area contributed by atoms with E-state index in [1.807, 2.05) is 30.8 Å². The fraction of sp³-hybridized carbons (Fsp3) is 0.364. The number of halogens is 1. The molecule has 2 aromatic heterocycles. The normalized spacial score (nSPS) is 21.4. The highest BCUT2D eigenvalue weighted by Gasteiger charge is 2.36. The maximum absolute atomic E-state index is 6.39. The minimum atomic E-state index is -0.645. The Morgan fingerprint density at radius 2 is 1.97 bits per heavy atom. The van der Waals surface area contributed by atoms with Crippen LogP contribution in [0, 0.1) is 0 Å². The summed E-state index contributed by atoms with van der Waals surface area (Å²) in [7, 11) is 1.67. The number of nitrogens with zero attached hydrogens (tertiary/aromatic N) is 5. The van der Waals surface area contributed by atoms with Crippen molar-refractivity contribution in [3.05, 3.63) is 59.3 Å². The van der Waals surface area contributed by atoms with Gasteiger partial charge >= 0.3 is 0 Å². The Morgan fingerprint density at radius 3 is 2.66 bits per heavy atom. The summed E-state index contributed by atoms with van der Waals surface area (Å²) in [6.07, 6.45) is 13.2. The summed E-state index contributed by atoms with van der Waals surface area (Å²) in [6, 6.07) is 8.46. The number of imidazole rings is 1. The molecule has 148 valence electrons. The summed E-state index contributed by atoms with van der Waals surface area (Å²) < 4.78 is 7.45. The van der Waals surface area contributed by atoms with E-state index in [4.69, 9.17) is 26.3 Å².